The molecule has 0 aromatic heterocycles. The Kier molecular flexibility index (Phi) is 2.64. The van der Waals surface area contributed by atoms with Crippen molar-refractivity contribution < 1.29 is 0 Å². The summed E-state index contributed by atoms with van der Waals surface area (Å²) in [7, 11) is 0. The first-order valence-electron chi connectivity index (χ1n) is 3.08. The van der Waals surface area contributed by atoms with Crippen LogP contribution >= 0.6 is 24.2 Å². The van der Waals surface area contributed by atoms with Crippen LogP contribution in [0.3, 0.4) is 0 Å². The van der Waals surface area contributed by atoms with Crippen LogP contribution < -0.4 is 0 Å². The van der Waals surface area contributed by atoms with Crippen molar-refractivity contribution >= 4 is 24.2 Å². The normalized spacial score (nSPS) is 9.90. The minimum atomic E-state index is 0.565. The highest BCUT2D eigenvalue weighted by Crippen LogP contribution is 2.14. The van der Waals surface area contributed by atoms with Crippen molar-refractivity contribution in [2.75, 3.05) is 0 Å². The molecule has 10 heavy (non-hydrogen) atoms. The van der Waals surface area contributed by atoms with E-state index in [0.717, 1.165) is 10.5 Å². The molecule has 0 aliphatic rings. The lowest BCUT2D eigenvalue weighted by Gasteiger charge is -1.98. The number of rotatable bonds is 1. The van der Waals surface area contributed by atoms with E-state index >= 15 is 0 Å². The zero-order valence-electron chi connectivity index (χ0n) is 5.76. The highest BCUT2D eigenvalue weighted by atomic mass is 35.5. The van der Waals surface area contributed by atoms with E-state index in [0.29, 0.717) is 5.88 Å². The number of hydrogen-bond donors (Lipinski definition) is 1. The van der Waals surface area contributed by atoms with Crippen LogP contribution in [0.15, 0.2) is 23.1 Å². The van der Waals surface area contributed by atoms with Crippen molar-refractivity contribution in [2.24, 2.45) is 0 Å². The van der Waals surface area contributed by atoms with Crippen molar-refractivity contribution in [3.8, 4) is 0 Å². The number of hydrogen-bond acceptors (Lipinski definition) is 1. The van der Waals surface area contributed by atoms with Gasteiger partial charge >= 0.3 is 0 Å². The molecule has 0 aliphatic heterocycles. The molecule has 1 rings (SSSR count). The van der Waals surface area contributed by atoms with E-state index in [-0.39, 0.29) is 0 Å². The van der Waals surface area contributed by atoms with Gasteiger partial charge in [0.2, 0.25) is 0 Å². The van der Waals surface area contributed by atoms with Gasteiger partial charge in [0.15, 0.2) is 0 Å². The van der Waals surface area contributed by atoms with E-state index in [9.17, 15) is 0 Å². The van der Waals surface area contributed by atoms with E-state index in [1.165, 1.54) is 5.56 Å². The Bertz CT molecular complexity index is 212. The minimum Gasteiger partial charge on any atom is -0.143 e. The first-order chi connectivity index (χ1) is 4.72. The lowest BCUT2D eigenvalue weighted by atomic mass is 10.2. The Morgan fingerprint density at radius 3 is 2.60 bits per heavy atom. The highest BCUT2D eigenvalue weighted by Gasteiger charge is 1.92. The molecule has 0 nitrogen and oxygen atoms in total. The first-order valence-corrected chi connectivity index (χ1v) is 4.06. The zero-order chi connectivity index (χ0) is 7.56. The molecule has 0 unspecified atom stereocenters. The van der Waals surface area contributed by atoms with Crippen LogP contribution in [-0.4, -0.2) is 0 Å². The summed E-state index contributed by atoms with van der Waals surface area (Å²) in [5.74, 6) is 0.565. The van der Waals surface area contributed by atoms with Crippen LogP contribution in [0.4, 0.5) is 0 Å². The monoisotopic (exact) mass is 172 g/mol. The molecule has 0 heterocycles. The molecule has 0 saturated heterocycles. The topological polar surface area (TPSA) is 0 Å². The van der Waals surface area contributed by atoms with Crippen molar-refractivity contribution in [1.29, 1.82) is 0 Å². The number of aryl methyl sites for hydroxylation is 1. The average Bonchev–Trinajstić information content (AvgIpc) is 1.85. The molecule has 54 valence electrons. The molecule has 0 saturated carbocycles. The maximum atomic E-state index is 5.64. The van der Waals surface area contributed by atoms with Crippen molar-refractivity contribution in [1.82, 2.24) is 0 Å². The van der Waals surface area contributed by atoms with E-state index in [2.05, 4.69) is 18.7 Å². The fourth-order valence-corrected chi connectivity index (χ4v) is 1.44. The molecule has 0 atom stereocenters. The van der Waals surface area contributed by atoms with Gasteiger partial charge in [-0.15, -0.1) is 24.2 Å². The van der Waals surface area contributed by atoms with Gasteiger partial charge < -0.3 is 0 Å². The molecule has 0 aliphatic carbocycles. The molecule has 0 spiro atoms. The molecule has 0 radical (unpaired) electrons. The quantitative estimate of drug-likeness (QED) is 0.489. The largest absolute Gasteiger partial charge is 0.143 e. The third-order valence-electron chi connectivity index (χ3n) is 1.28. The molecule has 0 bridgehead atoms. The molecule has 1 aromatic rings. The Labute approximate surface area is 71.6 Å². The van der Waals surface area contributed by atoms with Crippen molar-refractivity contribution in [2.45, 2.75) is 17.7 Å². The number of alkyl halides is 1. The van der Waals surface area contributed by atoms with Gasteiger partial charge in [-0.1, -0.05) is 6.07 Å². The van der Waals surface area contributed by atoms with Gasteiger partial charge in [-0.05, 0) is 30.2 Å². The fourth-order valence-electron chi connectivity index (χ4n) is 0.918. The van der Waals surface area contributed by atoms with E-state index in [1.807, 2.05) is 19.1 Å². The Morgan fingerprint density at radius 2 is 2.10 bits per heavy atom. The van der Waals surface area contributed by atoms with Crippen LogP contribution in [0.25, 0.3) is 0 Å². The molecule has 2 heteroatoms. The smallest absolute Gasteiger partial charge is 0.0474 e. The molecule has 0 amide bonds. The number of thiol groups is 1. The van der Waals surface area contributed by atoms with Gasteiger partial charge in [0.25, 0.3) is 0 Å². The maximum absolute atomic E-state index is 5.64. The molecule has 0 fully saturated rings. The molecular weight excluding hydrogens is 164 g/mol. The Hall–Kier alpha value is -0.140. The van der Waals surface area contributed by atoms with Crippen molar-refractivity contribution in [3.63, 3.8) is 0 Å². The van der Waals surface area contributed by atoms with E-state index < -0.39 is 0 Å². The summed E-state index contributed by atoms with van der Waals surface area (Å²) in [6.07, 6.45) is 0. The minimum absolute atomic E-state index is 0.565. The second kappa shape index (κ2) is 3.31. The summed E-state index contributed by atoms with van der Waals surface area (Å²) >= 11 is 9.86. The van der Waals surface area contributed by atoms with Crippen LogP contribution in [0.2, 0.25) is 0 Å². The van der Waals surface area contributed by atoms with Gasteiger partial charge in [0.05, 0.1) is 0 Å². The van der Waals surface area contributed by atoms with Crippen LogP contribution in [-0.2, 0) is 5.88 Å². The fraction of sp³-hybridized carbons (Fsp3) is 0.250. The van der Waals surface area contributed by atoms with Gasteiger partial charge in [-0.3, -0.25) is 0 Å². The highest BCUT2D eigenvalue weighted by molar-refractivity contribution is 7.80. The van der Waals surface area contributed by atoms with Gasteiger partial charge in [0.1, 0.15) is 0 Å². The molecular formula is C8H9ClS. The second-order valence-corrected chi connectivity index (χ2v) is 3.09. The predicted octanol–water partition coefficient (Wildman–Crippen LogP) is 3.02. The summed E-state index contributed by atoms with van der Waals surface area (Å²) in [4.78, 5) is 0.982. The van der Waals surface area contributed by atoms with E-state index in [1.54, 1.807) is 0 Å². The average molecular weight is 173 g/mol. The van der Waals surface area contributed by atoms with E-state index in [4.69, 9.17) is 11.6 Å². The van der Waals surface area contributed by atoms with Gasteiger partial charge in [-0.2, -0.15) is 0 Å². The van der Waals surface area contributed by atoms with Crippen LogP contribution in [0, 0.1) is 6.92 Å². The number of halogens is 1. The first kappa shape index (κ1) is 7.96. The van der Waals surface area contributed by atoms with Gasteiger partial charge in [0, 0.05) is 10.8 Å². The number of benzene rings is 1. The van der Waals surface area contributed by atoms with Gasteiger partial charge in [-0.25, -0.2) is 0 Å². The summed E-state index contributed by atoms with van der Waals surface area (Å²) in [5, 5.41) is 0. The Morgan fingerprint density at radius 1 is 1.40 bits per heavy atom. The Balaban J connectivity index is 3.06. The van der Waals surface area contributed by atoms with Crippen LogP contribution in [0.5, 0.6) is 0 Å². The lowest BCUT2D eigenvalue weighted by Crippen LogP contribution is -1.80. The molecule has 1 aromatic carbocycles. The maximum Gasteiger partial charge on any atom is 0.0474 e. The van der Waals surface area contributed by atoms with Crippen molar-refractivity contribution in [3.05, 3.63) is 29.3 Å². The second-order valence-electron chi connectivity index (χ2n) is 2.31. The summed E-state index contributed by atoms with van der Waals surface area (Å²) in [5.41, 5.74) is 2.34. The summed E-state index contributed by atoms with van der Waals surface area (Å²) in [6.45, 7) is 2.04. The zero-order valence-corrected chi connectivity index (χ0v) is 7.41. The lowest BCUT2D eigenvalue weighted by molar-refractivity contribution is 1.27. The third-order valence-corrected chi connectivity index (χ3v) is 1.84. The summed E-state index contributed by atoms with van der Waals surface area (Å²) < 4.78 is 0. The molecule has 0 N–H and O–H groups in total. The third kappa shape index (κ3) is 1.93. The SMILES string of the molecule is Cc1cc(S)cc(CCl)c1. The summed E-state index contributed by atoms with van der Waals surface area (Å²) in [6, 6.07) is 6.05. The predicted molar refractivity (Wildman–Crippen MR) is 48.0 cm³/mol. The van der Waals surface area contributed by atoms with Crippen LogP contribution in [0.1, 0.15) is 11.1 Å². The standard InChI is InChI=1S/C8H9ClS/c1-6-2-7(5-9)4-8(10)3-6/h2-4,10H,5H2,1H3.